The van der Waals surface area contributed by atoms with Crippen LogP contribution in [0.3, 0.4) is 0 Å². The highest BCUT2D eigenvalue weighted by Gasteiger charge is 2.46. The van der Waals surface area contributed by atoms with Crippen molar-refractivity contribution in [2.75, 3.05) is 5.32 Å². The van der Waals surface area contributed by atoms with Crippen LogP contribution in [0.5, 0.6) is 0 Å². The lowest BCUT2D eigenvalue weighted by atomic mass is 10.1. The Hall–Kier alpha value is -2.35. The number of amides is 1. The summed E-state index contributed by atoms with van der Waals surface area (Å²) in [5, 5.41) is 2.63. The van der Waals surface area contributed by atoms with Gasteiger partial charge >= 0.3 is 5.51 Å². The van der Waals surface area contributed by atoms with Crippen molar-refractivity contribution in [2.24, 2.45) is 0 Å². The zero-order valence-corrected chi connectivity index (χ0v) is 13.6. The highest BCUT2D eigenvalue weighted by molar-refractivity contribution is 7.92. The smallest absolute Gasteiger partial charge is 0.322 e. The highest BCUT2D eigenvalue weighted by atomic mass is 32.2. The summed E-state index contributed by atoms with van der Waals surface area (Å²) in [4.78, 5) is 11.2. The molecule has 2 aromatic carbocycles. The van der Waals surface area contributed by atoms with Crippen molar-refractivity contribution in [3.8, 4) is 0 Å². The van der Waals surface area contributed by atoms with Crippen molar-refractivity contribution in [3.63, 3.8) is 0 Å². The molecule has 0 aliphatic carbocycles. The maximum atomic E-state index is 12.5. The molecule has 1 amide bonds. The Bertz CT molecular complexity index is 872. The van der Waals surface area contributed by atoms with Crippen molar-refractivity contribution in [3.05, 3.63) is 59.2 Å². The van der Waals surface area contributed by atoms with Crippen molar-refractivity contribution >= 4 is 21.4 Å². The van der Waals surface area contributed by atoms with Crippen LogP contribution in [0, 0.1) is 13.8 Å². The van der Waals surface area contributed by atoms with Gasteiger partial charge in [0.1, 0.15) is 0 Å². The number of hydrogen-bond acceptors (Lipinski definition) is 3. The van der Waals surface area contributed by atoms with E-state index in [4.69, 9.17) is 0 Å². The van der Waals surface area contributed by atoms with E-state index >= 15 is 0 Å². The molecule has 0 spiro atoms. The maximum Gasteiger partial charge on any atom is 0.501 e. The van der Waals surface area contributed by atoms with Crippen molar-refractivity contribution < 1.29 is 26.4 Å². The second-order valence-electron chi connectivity index (χ2n) is 5.25. The van der Waals surface area contributed by atoms with Gasteiger partial charge in [-0.05, 0) is 49.7 Å². The lowest BCUT2D eigenvalue weighted by molar-refractivity contribution is -0.0436. The van der Waals surface area contributed by atoms with Crippen molar-refractivity contribution in [1.82, 2.24) is 0 Å². The Kier molecular flexibility index (Phi) is 4.70. The summed E-state index contributed by atoms with van der Waals surface area (Å²) in [5.74, 6) is -0.544. The van der Waals surface area contributed by atoms with E-state index in [-0.39, 0.29) is 5.56 Å². The summed E-state index contributed by atoms with van der Waals surface area (Å²) >= 11 is 0. The molecule has 8 heteroatoms. The van der Waals surface area contributed by atoms with E-state index in [2.05, 4.69) is 5.32 Å². The molecule has 0 atom stereocenters. The fourth-order valence-electron chi connectivity index (χ4n) is 2.07. The van der Waals surface area contributed by atoms with Gasteiger partial charge in [-0.2, -0.15) is 13.2 Å². The number of aryl methyl sites for hydroxylation is 2. The lowest BCUT2D eigenvalue weighted by Crippen LogP contribution is -2.23. The number of halogens is 3. The number of carbonyl (C=O) groups excluding carboxylic acids is 1. The lowest BCUT2D eigenvalue weighted by Gasteiger charge is -2.10. The van der Waals surface area contributed by atoms with Crippen LogP contribution in [-0.4, -0.2) is 19.8 Å². The molecule has 0 bridgehead atoms. The summed E-state index contributed by atoms with van der Waals surface area (Å²) in [5.41, 5.74) is -2.91. The number of rotatable bonds is 3. The normalized spacial score (nSPS) is 12.0. The molecule has 0 aliphatic rings. The number of sulfone groups is 1. The molecule has 24 heavy (non-hydrogen) atoms. The number of benzene rings is 2. The molecule has 0 fully saturated rings. The molecule has 0 heterocycles. The van der Waals surface area contributed by atoms with E-state index in [1.807, 2.05) is 26.0 Å². The Morgan fingerprint density at radius 1 is 1.00 bits per heavy atom. The molecule has 0 aromatic heterocycles. The van der Waals surface area contributed by atoms with Gasteiger partial charge in [0.15, 0.2) is 0 Å². The monoisotopic (exact) mass is 357 g/mol. The molecule has 0 radical (unpaired) electrons. The number of carbonyl (C=O) groups is 1. The topological polar surface area (TPSA) is 63.2 Å². The quantitative estimate of drug-likeness (QED) is 0.908. The fourth-order valence-corrected chi connectivity index (χ4v) is 2.83. The SMILES string of the molecule is Cc1ccc(NC(=O)c2ccc(S(=O)(=O)C(F)(F)F)cc2)c(C)c1. The molecular weight excluding hydrogens is 343 g/mol. The molecule has 128 valence electrons. The number of anilines is 1. The summed E-state index contributed by atoms with van der Waals surface area (Å²) in [6.45, 7) is 3.71. The molecular formula is C16H14F3NO3S. The standard InChI is InChI=1S/C16H14F3NO3S/c1-10-3-8-14(11(2)9-10)20-15(21)12-4-6-13(7-5-12)24(22,23)16(17,18)19/h3-9H,1-2H3,(H,20,21). The van der Waals surface area contributed by atoms with Gasteiger partial charge in [-0.15, -0.1) is 0 Å². The maximum absolute atomic E-state index is 12.5. The van der Waals surface area contributed by atoms with Crippen LogP contribution in [0.4, 0.5) is 18.9 Å². The second kappa shape index (κ2) is 6.27. The Balaban J connectivity index is 2.23. The molecule has 0 saturated carbocycles. The fraction of sp³-hybridized carbons (Fsp3) is 0.188. The van der Waals surface area contributed by atoms with Crippen LogP contribution >= 0.6 is 0 Å². The summed E-state index contributed by atoms with van der Waals surface area (Å²) in [7, 11) is -5.42. The number of alkyl halides is 3. The van der Waals surface area contributed by atoms with Gasteiger partial charge in [-0.3, -0.25) is 4.79 Å². The predicted molar refractivity (Wildman–Crippen MR) is 83.6 cm³/mol. The van der Waals surface area contributed by atoms with E-state index in [1.54, 1.807) is 6.07 Å². The zero-order valence-electron chi connectivity index (χ0n) is 12.8. The number of nitrogens with one attached hydrogen (secondary N) is 1. The highest BCUT2D eigenvalue weighted by Crippen LogP contribution is 2.30. The summed E-state index contributed by atoms with van der Waals surface area (Å²) in [6, 6.07) is 9.00. The van der Waals surface area contributed by atoms with E-state index < -0.39 is 26.1 Å². The number of hydrogen-bond donors (Lipinski definition) is 1. The van der Waals surface area contributed by atoms with Gasteiger partial charge in [-0.25, -0.2) is 8.42 Å². The minimum Gasteiger partial charge on any atom is -0.322 e. The van der Waals surface area contributed by atoms with Crippen LogP contribution in [0.25, 0.3) is 0 Å². The molecule has 2 aromatic rings. The van der Waals surface area contributed by atoms with E-state index in [1.165, 1.54) is 0 Å². The third-order valence-electron chi connectivity index (χ3n) is 3.36. The molecule has 1 N–H and O–H groups in total. The summed E-state index contributed by atoms with van der Waals surface area (Å²) in [6.07, 6.45) is 0. The Morgan fingerprint density at radius 2 is 1.58 bits per heavy atom. The summed E-state index contributed by atoms with van der Waals surface area (Å²) < 4.78 is 60.0. The first-order valence-corrected chi connectivity index (χ1v) is 8.31. The van der Waals surface area contributed by atoms with Gasteiger partial charge in [0.2, 0.25) is 0 Å². The van der Waals surface area contributed by atoms with Crippen LogP contribution in [0.2, 0.25) is 0 Å². The van der Waals surface area contributed by atoms with Gasteiger partial charge in [0.05, 0.1) is 4.90 Å². The van der Waals surface area contributed by atoms with E-state index in [0.717, 1.165) is 35.4 Å². The van der Waals surface area contributed by atoms with Crippen LogP contribution in [0.15, 0.2) is 47.4 Å². The van der Waals surface area contributed by atoms with Crippen LogP contribution in [-0.2, 0) is 9.84 Å². The van der Waals surface area contributed by atoms with E-state index in [0.29, 0.717) is 5.69 Å². The zero-order chi connectivity index (χ0) is 18.1. The Labute approximate surface area is 137 Å². The molecule has 0 saturated heterocycles. The largest absolute Gasteiger partial charge is 0.501 e. The van der Waals surface area contributed by atoms with E-state index in [9.17, 15) is 26.4 Å². The molecule has 0 unspecified atom stereocenters. The average Bonchev–Trinajstić information content (AvgIpc) is 2.49. The third-order valence-corrected chi connectivity index (χ3v) is 4.86. The minimum absolute atomic E-state index is 0.0519. The predicted octanol–water partition coefficient (Wildman–Crippen LogP) is 3.85. The van der Waals surface area contributed by atoms with Gasteiger partial charge in [0, 0.05) is 11.3 Å². The Morgan fingerprint density at radius 3 is 2.08 bits per heavy atom. The second-order valence-corrected chi connectivity index (χ2v) is 7.19. The van der Waals surface area contributed by atoms with Gasteiger partial charge < -0.3 is 5.32 Å². The molecule has 0 aliphatic heterocycles. The van der Waals surface area contributed by atoms with Crippen LogP contribution < -0.4 is 5.32 Å². The average molecular weight is 357 g/mol. The van der Waals surface area contributed by atoms with Gasteiger partial charge in [-0.1, -0.05) is 17.7 Å². The third kappa shape index (κ3) is 3.59. The molecule has 4 nitrogen and oxygen atoms in total. The van der Waals surface area contributed by atoms with Crippen molar-refractivity contribution in [1.29, 1.82) is 0 Å². The first-order chi connectivity index (χ1) is 11.0. The first-order valence-electron chi connectivity index (χ1n) is 6.82. The molecule has 2 rings (SSSR count). The van der Waals surface area contributed by atoms with Gasteiger partial charge in [0.25, 0.3) is 15.7 Å². The van der Waals surface area contributed by atoms with Crippen LogP contribution in [0.1, 0.15) is 21.5 Å². The minimum atomic E-state index is -5.42. The van der Waals surface area contributed by atoms with Crippen molar-refractivity contribution in [2.45, 2.75) is 24.3 Å². The first kappa shape index (κ1) is 18.0.